The highest BCUT2D eigenvalue weighted by molar-refractivity contribution is 5.84. The van der Waals surface area contributed by atoms with Crippen LogP contribution in [0.4, 0.5) is 4.39 Å². The number of ether oxygens (including phenoxy) is 3. The van der Waals surface area contributed by atoms with Gasteiger partial charge >= 0.3 is 0 Å². The minimum Gasteiger partial charge on any atom is -0.457 e. The van der Waals surface area contributed by atoms with Crippen molar-refractivity contribution in [2.75, 3.05) is 26.4 Å². The van der Waals surface area contributed by atoms with Crippen molar-refractivity contribution in [2.45, 2.75) is 12.0 Å². The van der Waals surface area contributed by atoms with Crippen LogP contribution in [-0.2, 0) is 15.0 Å². The fourth-order valence-corrected chi connectivity index (χ4v) is 4.79. The molecule has 166 valence electrons. The van der Waals surface area contributed by atoms with Gasteiger partial charge in [-0.25, -0.2) is 4.98 Å². The monoisotopic (exact) mass is 443 g/mol. The predicted molar refractivity (Wildman–Crippen MR) is 123 cm³/mol. The van der Waals surface area contributed by atoms with Crippen molar-refractivity contribution in [3.8, 4) is 22.6 Å². The van der Waals surface area contributed by atoms with Gasteiger partial charge in [0.1, 0.15) is 29.5 Å². The molecule has 1 aromatic heterocycles. The lowest BCUT2D eigenvalue weighted by atomic mass is 9.78. The summed E-state index contributed by atoms with van der Waals surface area (Å²) in [7, 11) is 0. The zero-order valence-electron chi connectivity index (χ0n) is 17.9. The number of hydrogen-bond acceptors (Lipinski definition) is 6. The fourth-order valence-electron chi connectivity index (χ4n) is 4.79. The number of nitrogens with two attached hydrogens (primary N) is 1. The molecule has 3 aromatic rings. The Kier molecular flexibility index (Phi) is 4.74. The van der Waals surface area contributed by atoms with E-state index >= 15 is 0 Å². The van der Waals surface area contributed by atoms with Crippen LogP contribution in [0.3, 0.4) is 0 Å². The molecule has 4 heterocycles. The van der Waals surface area contributed by atoms with Gasteiger partial charge in [0, 0.05) is 22.9 Å². The predicted octanol–water partition coefficient (Wildman–Crippen LogP) is 4.43. The largest absolute Gasteiger partial charge is 0.457 e. The molecule has 3 aliphatic heterocycles. The van der Waals surface area contributed by atoms with Crippen LogP contribution in [-0.4, -0.2) is 37.2 Å². The smallest absolute Gasteiger partial charge is 0.220 e. The van der Waals surface area contributed by atoms with Crippen molar-refractivity contribution in [1.29, 1.82) is 0 Å². The van der Waals surface area contributed by atoms with Crippen molar-refractivity contribution < 1.29 is 18.6 Å². The first kappa shape index (κ1) is 20.1. The summed E-state index contributed by atoms with van der Waals surface area (Å²) in [5, 5.41) is 0. The van der Waals surface area contributed by atoms with E-state index in [2.05, 4.69) is 23.2 Å². The second-order valence-corrected chi connectivity index (χ2v) is 8.38. The molecule has 1 spiro atoms. The number of fused-ring (bicyclic) bond motifs is 4. The second-order valence-electron chi connectivity index (χ2n) is 8.38. The van der Waals surface area contributed by atoms with Crippen LogP contribution < -0.4 is 10.5 Å². The van der Waals surface area contributed by atoms with E-state index in [0.717, 1.165) is 23.1 Å². The van der Waals surface area contributed by atoms with Gasteiger partial charge in [0.25, 0.3) is 0 Å². The lowest BCUT2D eigenvalue weighted by Crippen LogP contribution is -2.42. The van der Waals surface area contributed by atoms with Gasteiger partial charge in [-0.2, -0.15) is 4.39 Å². The van der Waals surface area contributed by atoms with Gasteiger partial charge < -0.3 is 19.9 Å². The van der Waals surface area contributed by atoms with Gasteiger partial charge in [-0.1, -0.05) is 18.2 Å². The molecule has 6 nitrogen and oxygen atoms in total. The van der Waals surface area contributed by atoms with Crippen molar-refractivity contribution in [1.82, 2.24) is 4.98 Å². The first-order valence-corrected chi connectivity index (χ1v) is 10.9. The Labute approximate surface area is 190 Å². The Morgan fingerprint density at radius 1 is 0.970 bits per heavy atom. The number of aromatic nitrogens is 1. The van der Waals surface area contributed by atoms with E-state index in [1.165, 1.54) is 11.8 Å². The molecular formula is C26H22FN3O3. The van der Waals surface area contributed by atoms with E-state index in [-0.39, 0.29) is 6.61 Å². The van der Waals surface area contributed by atoms with Crippen LogP contribution in [0.1, 0.15) is 23.1 Å². The van der Waals surface area contributed by atoms with E-state index in [0.29, 0.717) is 48.3 Å². The maximum Gasteiger partial charge on any atom is 0.220 e. The third-order valence-electron chi connectivity index (χ3n) is 6.37. The summed E-state index contributed by atoms with van der Waals surface area (Å²) in [6.45, 7) is 1.88. The molecule has 0 amide bonds. The van der Waals surface area contributed by atoms with Crippen molar-refractivity contribution in [3.63, 3.8) is 0 Å². The summed E-state index contributed by atoms with van der Waals surface area (Å²) in [6.07, 6.45) is 4.38. The lowest BCUT2D eigenvalue weighted by molar-refractivity contribution is 0.110. The Bertz CT molecular complexity index is 1320. The van der Waals surface area contributed by atoms with Gasteiger partial charge in [-0.15, -0.1) is 0 Å². The number of hydrogen-bond donors (Lipinski definition) is 1. The summed E-state index contributed by atoms with van der Waals surface area (Å²) in [4.78, 5) is 8.73. The SMILES string of the molecule is NC1=NC2(COC1)c1cc(C3=CCOCC3)ccc1Oc1ccc(-c3cccnc3F)cc12. The van der Waals surface area contributed by atoms with Crippen molar-refractivity contribution in [3.05, 3.63) is 83.4 Å². The van der Waals surface area contributed by atoms with Crippen LogP contribution in [0.5, 0.6) is 11.5 Å². The molecule has 0 aliphatic carbocycles. The van der Waals surface area contributed by atoms with E-state index in [1.54, 1.807) is 12.1 Å². The van der Waals surface area contributed by atoms with Gasteiger partial charge in [0.15, 0.2) is 0 Å². The van der Waals surface area contributed by atoms with Crippen molar-refractivity contribution >= 4 is 11.4 Å². The van der Waals surface area contributed by atoms with Crippen LogP contribution in [0.2, 0.25) is 0 Å². The number of rotatable bonds is 2. The van der Waals surface area contributed by atoms with Gasteiger partial charge in [0.05, 0.1) is 19.8 Å². The van der Waals surface area contributed by atoms with E-state index in [1.807, 2.05) is 24.3 Å². The number of amidine groups is 1. The van der Waals surface area contributed by atoms with E-state index in [9.17, 15) is 4.39 Å². The summed E-state index contributed by atoms with van der Waals surface area (Å²) in [5.74, 6) is 1.24. The minimum absolute atomic E-state index is 0.270. The Balaban J connectivity index is 1.56. The van der Waals surface area contributed by atoms with Gasteiger partial charge in [-0.3, -0.25) is 4.99 Å². The summed E-state index contributed by atoms with van der Waals surface area (Å²) >= 11 is 0. The molecule has 1 unspecified atom stereocenters. The number of pyridine rings is 1. The fraction of sp³-hybridized carbons (Fsp3) is 0.231. The molecule has 3 aliphatic rings. The third kappa shape index (κ3) is 3.32. The topological polar surface area (TPSA) is 79.0 Å². The van der Waals surface area contributed by atoms with Crippen LogP contribution >= 0.6 is 0 Å². The minimum atomic E-state index is -0.887. The first-order chi connectivity index (χ1) is 16.1. The highest BCUT2D eigenvalue weighted by Gasteiger charge is 2.45. The standard InChI is InChI=1S/C26H22FN3O3/c27-25-19(2-1-9-29-25)18-4-6-23-21(13-18)26(15-32-14-24(28)30-26)20-12-17(3-5-22(20)33-23)16-7-10-31-11-8-16/h1-7,9,12-13H,8,10-11,14-15H2,(H2,28,30). The summed E-state index contributed by atoms with van der Waals surface area (Å²) in [6, 6.07) is 15.1. The van der Waals surface area contributed by atoms with Crippen LogP contribution in [0.25, 0.3) is 16.7 Å². The number of aliphatic imine (C=N–C) groups is 1. The zero-order valence-corrected chi connectivity index (χ0v) is 17.9. The van der Waals surface area contributed by atoms with Gasteiger partial charge in [-0.05, 0) is 59.5 Å². The highest BCUT2D eigenvalue weighted by atomic mass is 19.1. The average molecular weight is 443 g/mol. The van der Waals surface area contributed by atoms with E-state index < -0.39 is 11.5 Å². The van der Waals surface area contributed by atoms with E-state index in [4.69, 9.17) is 24.9 Å². The van der Waals surface area contributed by atoms with Gasteiger partial charge in [0.2, 0.25) is 5.95 Å². The summed E-state index contributed by atoms with van der Waals surface area (Å²) < 4.78 is 32.1. The average Bonchev–Trinajstić information content (AvgIpc) is 2.85. The second kappa shape index (κ2) is 7.79. The van der Waals surface area contributed by atoms with Crippen molar-refractivity contribution in [2.24, 2.45) is 10.7 Å². The highest BCUT2D eigenvalue weighted by Crippen LogP contribution is 2.51. The molecule has 0 fully saturated rings. The lowest BCUT2D eigenvalue weighted by Gasteiger charge is -2.39. The Hall–Kier alpha value is -3.55. The maximum atomic E-state index is 14.5. The maximum absolute atomic E-state index is 14.5. The quantitative estimate of drug-likeness (QED) is 0.593. The van der Waals surface area contributed by atoms with Crippen LogP contribution in [0.15, 0.2) is 65.8 Å². The molecule has 0 radical (unpaired) electrons. The molecule has 0 saturated carbocycles. The number of nitrogens with zero attached hydrogens (tertiary/aromatic N) is 2. The molecular weight excluding hydrogens is 421 g/mol. The molecule has 1 atom stereocenters. The molecule has 33 heavy (non-hydrogen) atoms. The Morgan fingerprint density at radius 3 is 2.48 bits per heavy atom. The Morgan fingerprint density at radius 2 is 1.76 bits per heavy atom. The third-order valence-corrected chi connectivity index (χ3v) is 6.37. The first-order valence-electron chi connectivity index (χ1n) is 10.9. The van der Waals surface area contributed by atoms with Crippen LogP contribution in [0, 0.1) is 5.95 Å². The zero-order chi connectivity index (χ0) is 22.4. The molecule has 0 bridgehead atoms. The number of benzene rings is 2. The molecule has 7 heteroatoms. The molecule has 0 saturated heterocycles. The summed E-state index contributed by atoms with van der Waals surface area (Å²) in [5.41, 5.74) is 10.4. The number of halogens is 1. The molecule has 2 N–H and O–H groups in total. The molecule has 2 aromatic carbocycles. The normalized spacial score (nSPS) is 21.5. The molecule has 6 rings (SSSR count).